The van der Waals surface area contributed by atoms with Gasteiger partial charge in [0.05, 0.1) is 6.20 Å². The van der Waals surface area contributed by atoms with Crippen molar-refractivity contribution in [1.82, 2.24) is 20.4 Å². The first-order valence-corrected chi connectivity index (χ1v) is 8.31. The molecule has 1 aliphatic rings. The number of nitrogens with one attached hydrogen (secondary N) is 2. The van der Waals surface area contributed by atoms with Crippen molar-refractivity contribution >= 4 is 5.91 Å². The van der Waals surface area contributed by atoms with Crippen molar-refractivity contribution < 1.29 is 4.79 Å². The molecule has 1 aromatic heterocycles. The smallest absolute Gasteiger partial charge is 0.244 e. The van der Waals surface area contributed by atoms with Crippen LogP contribution in [0.25, 0.3) is 0 Å². The number of nitrogens with zero attached hydrogens (tertiary/aromatic N) is 2. The maximum absolute atomic E-state index is 13.0. The van der Waals surface area contributed by atoms with Crippen LogP contribution in [0.1, 0.15) is 42.1 Å². The van der Waals surface area contributed by atoms with Gasteiger partial charge in [-0.15, -0.1) is 0 Å². The molecule has 1 aromatic carbocycles. The van der Waals surface area contributed by atoms with E-state index in [4.69, 9.17) is 0 Å². The standard InChI is InChI=1S/C18H24N4O/c1-14-16(13-20-21-14)12-19-17(15-8-4-2-5-9-15)18(23)22-10-6-3-7-11-22/h2,4-5,8-9,13,17,19H,3,6-7,10-12H2,1H3,(H,20,21)/t17-/m1/s1. The molecule has 0 aliphatic carbocycles. The van der Waals surface area contributed by atoms with Crippen molar-refractivity contribution in [2.24, 2.45) is 0 Å². The number of hydrogen-bond acceptors (Lipinski definition) is 3. The van der Waals surface area contributed by atoms with Gasteiger partial charge in [-0.2, -0.15) is 5.10 Å². The van der Waals surface area contributed by atoms with Gasteiger partial charge in [0.2, 0.25) is 5.91 Å². The molecule has 1 aliphatic heterocycles. The summed E-state index contributed by atoms with van der Waals surface area (Å²) in [6.07, 6.45) is 5.25. The molecule has 1 atom stereocenters. The average Bonchev–Trinajstić information content (AvgIpc) is 3.02. The van der Waals surface area contributed by atoms with Crippen LogP contribution in [0.2, 0.25) is 0 Å². The van der Waals surface area contributed by atoms with E-state index in [1.54, 1.807) is 0 Å². The van der Waals surface area contributed by atoms with E-state index in [1.807, 2.05) is 48.4 Å². The summed E-state index contributed by atoms with van der Waals surface area (Å²) in [4.78, 5) is 15.0. The molecular formula is C18H24N4O. The second kappa shape index (κ2) is 7.42. The Morgan fingerprint density at radius 2 is 2.00 bits per heavy atom. The highest BCUT2D eigenvalue weighted by Gasteiger charge is 2.26. The van der Waals surface area contributed by atoms with Gasteiger partial charge in [-0.1, -0.05) is 30.3 Å². The third kappa shape index (κ3) is 3.79. The summed E-state index contributed by atoms with van der Waals surface area (Å²) >= 11 is 0. The Morgan fingerprint density at radius 3 is 2.65 bits per heavy atom. The Morgan fingerprint density at radius 1 is 1.26 bits per heavy atom. The zero-order valence-electron chi connectivity index (χ0n) is 13.6. The highest BCUT2D eigenvalue weighted by Crippen LogP contribution is 2.20. The summed E-state index contributed by atoms with van der Waals surface area (Å²) in [5.41, 5.74) is 3.15. The average molecular weight is 312 g/mol. The molecule has 5 nitrogen and oxygen atoms in total. The number of rotatable bonds is 5. The molecule has 2 aromatic rings. The Kier molecular flexibility index (Phi) is 5.08. The molecule has 3 rings (SSSR count). The van der Waals surface area contributed by atoms with Crippen LogP contribution < -0.4 is 5.32 Å². The number of carbonyl (C=O) groups is 1. The topological polar surface area (TPSA) is 61.0 Å². The van der Waals surface area contributed by atoms with Gasteiger partial charge in [0.1, 0.15) is 6.04 Å². The fourth-order valence-corrected chi connectivity index (χ4v) is 3.06. The summed E-state index contributed by atoms with van der Waals surface area (Å²) in [7, 11) is 0. The first kappa shape index (κ1) is 15.7. The fourth-order valence-electron chi connectivity index (χ4n) is 3.06. The Balaban J connectivity index is 1.76. The van der Waals surface area contributed by atoms with Crippen molar-refractivity contribution in [2.75, 3.05) is 13.1 Å². The van der Waals surface area contributed by atoms with E-state index in [-0.39, 0.29) is 11.9 Å². The number of aromatic amines is 1. The molecule has 0 saturated carbocycles. The summed E-state index contributed by atoms with van der Waals surface area (Å²) in [5, 5.41) is 10.4. The van der Waals surface area contributed by atoms with Gasteiger partial charge in [0, 0.05) is 30.9 Å². The normalized spacial score (nSPS) is 16.3. The van der Waals surface area contributed by atoms with Crippen LogP contribution in [0, 0.1) is 6.92 Å². The molecule has 23 heavy (non-hydrogen) atoms. The minimum absolute atomic E-state index is 0.178. The number of H-pyrrole nitrogens is 1. The number of piperidine rings is 1. The third-order valence-corrected chi connectivity index (χ3v) is 4.48. The van der Waals surface area contributed by atoms with Crippen LogP contribution in [0.4, 0.5) is 0 Å². The lowest BCUT2D eigenvalue weighted by Gasteiger charge is -2.31. The predicted molar refractivity (Wildman–Crippen MR) is 89.8 cm³/mol. The van der Waals surface area contributed by atoms with Gasteiger partial charge in [-0.3, -0.25) is 15.2 Å². The van der Waals surface area contributed by atoms with E-state index in [0.717, 1.165) is 42.8 Å². The predicted octanol–water partition coefficient (Wildman–Crippen LogP) is 2.56. The first-order chi connectivity index (χ1) is 11.3. The molecule has 0 radical (unpaired) electrons. The molecular weight excluding hydrogens is 288 g/mol. The molecule has 0 spiro atoms. The van der Waals surface area contributed by atoms with E-state index < -0.39 is 0 Å². The summed E-state index contributed by atoms with van der Waals surface area (Å²) < 4.78 is 0. The maximum Gasteiger partial charge on any atom is 0.244 e. The Bertz CT molecular complexity index is 631. The van der Waals surface area contributed by atoms with Gasteiger partial charge in [-0.25, -0.2) is 0 Å². The van der Waals surface area contributed by atoms with Crippen molar-refractivity contribution in [3.63, 3.8) is 0 Å². The number of benzene rings is 1. The lowest BCUT2D eigenvalue weighted by Crippen LogP contribution is -2.43. The van der Waals surface area contributed by atoms with Gasteiger partial charge in [-0.05, 0) is 31.7 Å². The fraction of sp³-hybridized carbons (Fsp3) is 0.444. The maximum atomic E-state index is 13.0. The SMILES string of the molecule is Cc1[nH]ncc1CN[C@@H](C(=O)N1CCCCC1)c1ccccc1. The molecule has 5 heteroatoms. The second-order valence-corrected chi connectivity index (χ2v) is 6.13. The van der Waals surface area contributed by atoms with Crippen molar-refractivity contribution in [3.05, 3.63) is 53.3 Å². The van der Waals surface area contributed by atoms with Crippen LogP contribution in [0.5, 0.6) is 0 Å². The van der Waals surface area contributed by atoms with E-state index in [0.29, 0.717) is 6.54 Å². The zero-order chi connectivity index (χ0) is 16.1. The summed E-state index contributed by atoms with van der Waals surface area (Å²) in [6, 6.07) is 9.67. The Hall–Kier alpha value is -2.14. The van der Waals surface area contributed by atoms with E-state index in [9.17, 15) is 4.79 Å². The van der Waals surface area contributed by atoms with E-state index in [2.05, 4.69) is 15.5 Å². The highest BCUT2D eigenvalue weighted by atomic mass is 16.2. The lowest BCUT2D eigenvalue weighted by molar-refractivity contribution is -0.134. The van der Waals surface area contributed by atoms with E-state index >= 15 is 0 Å². The quantitative estimate of drug-likeness (QED) is 0.892. The molecule has 2 N–H and O–H groups in total. The summed E-state index contributed by atoms with van der Waals surface area (Å²) in [5.74, 6) is 0.178. The molecule has 1 amide bonds. The van der Waals surface area contributed by atoms with Crippen molar-refractivity contribution in [3.8, 4) is 0 Å². The first-order valence-electron chi connectivity index (χ1n) is 8.31. The largest absolute Gasteiger partial charge is 0.341 e. The van der Waals surface area contributed by atoms with Crippen LogP contribution in [0.15, 0.2) is 36.5 Å². The third-order valence-electron chi connectivity index (χ3n) is 4.48. The minimum Gasteiger partial charge on any atom is -0.341 e. The lowest BCUT2D eigenvalue weighted by atomic mass is 10.0. The number of hydrogen-bond donors (Lipinski definition) is 2. The van der Waals surface area contributed by atoms with Crippen molar-refractivity contribution in [2.45, 2.75) is 38.8 Å². The van der Waals surface area contributed by atoms with Crippen molar-refractivity contribution in [1.29, 1.82) is 0 Å². The molecule has 1 fully saturated rings. The van der Waals surface area contributed by atoms with Crippen LogP contribution >= 0.6 is 0 Å². The van der Waals surface area contributed by atoms with Gasteiger partial charge in [0.25, 0.3) is 0 Å². The number of aromatic nitrogens is 2. The van der Waals surface area contributed by atoms with Gasteiger partial charge in [0.15, 0.2) is 0 Å². The van der Waals surface area contributed by atoms with Gasteiger partial charge < -0.3 is 4.90 Å². The number of carbonyl (C=O) groups excluding carboxylic acids is 1. The van der Waals surface area contributed by atoms with Crippen LogP contribution in [0.3, 0.4) is 0 Å². The molecule has 122 valence electrons. The van der Waals surface area contributed by atoms with Crippen LogP contribution in [-0.4, -0.2) is 34.1 Å². The number of aryl methyl sites for hydroxylation is 1. The second-order valence-electron chi connectivity index (χ2n) is 6.13. The minimum atomic E-state index is -0.302. The zero-order valence-corrected chi connectivity index (χ0v) is 13.6. The Labute approximate surface area is 137 Å². The molecule has 0 bridgehead atoms. The molecule has 0 unspecified atom stereocenters. The van der Waals surface area contributed by atoms with E-state index in [1.165, 1.54) is 6.42 Å². The number of likely N-dealkylation sites (tertiary alicyclic amines) is 1. The highest BCUT2D eigenvalue weighted by molar-refractivity contribution is 5.83. The molecule has 1 saturated heterocycles. The summed E-state index contributed by atoms with van der Waals surface area (Å²) in [6.45, 7) is 4.36. The number of amides is 1. The van der Waals surface area contributed by atoms with Gasteiger partial charge >= 0.3 is 0 Å². The monoisotopic (exact) mass is 312 g/mol. The van der Waals surface area contributed by atoms with Crippen LogP contribution in [-0.2, 0) is 11.3 Å². The molecule has 2 heterocycles.